The summed E-state index contributed by atoms with van der Waals surface area (Å²) in [4.78, 5) is 11.6. The van der Waals surface area contributed by atoms with E-state index in [1.165, 1.54) is 6.20 Å². The number of nitrogens with one attached hydrogen (secondary N) is 1. The number of para-hydroxylation sites is 2. The molecule has 0 atom stereocenters. The number of nitrogens with zero attached hydrogens (tertiary/aromatic N) is 2. The van der Waals surface area contributed by atoms with E-state index in [1.54, 1.807) is 36.4 Å². The lowest BCUT2D eigenvalue weighted by molar-refractivity contribution is -0.118. The predicted octanol–water partition coefficient (Wildman–Crippen LogP) is 1.08. The summed E-state index contributed by atoms with van der Waals surface area (Å²) in [6, 6.07) is 10.3. The summed E-state index contributed by atoms with van der Waals surface area (Å²) in [6.45, 7) is -0.134. The van der Waals surface area contributed by atoms with Gasteiger partial charge in [0.1, 0.15) is 5.75 Å². The number of carbonyl (C=O) groups is 1. The highest BCUT2D eigenvalue weighted by molar-refractivity contribution is 5.90. The van der Waals surface area contributed by atoms with Gasteiger partial charge < -0.3 is 15.8 Å². The average molecular weight is 244 g/mol. The number of rotatable bonds is 4. The van der Waals surface area contributed by atoms with Gasteiger partial charge in [0.25, 0.3) is 5.91 Å². The molecule has 0 radical (unpaired) electrons. The summed E-state index contributed by atoms with van der Waals surface area (Å²) in [7, 11) is 0. The molecule has 18 heavy (non-hydrogen) atoms. The Morgan fingerprint density at radius 2 is 2.11 bits per heavy atom. The molecule has 1 aromatic carbocycles. The van der Waals surface area contributed by atoms with Crippen molar-refractivity contribution < 1.29 is 9.53 Å². The minimum atomic E-state index is -0.321. The van der Waals surface area contributed by atoms with Gasteiger partial charge in [0.2, 0.25) is 0 Å². The Morgan fingerprint density at radius 3 is 2.83 bits per heavy atom. The molecular weight excluding hydrogens is 232 g/mol. The summed E-state index contributed by atoms with van der Waals surface area (Å²) >= 11 is 0. The van der Waals surface area contributed by atoms with Crippen molar-refractivity contribution in [3.63, 3.8) is 0 Å². The van der Waals surface area contributed by atoms with E-state index in [1.807, 2.05) is 0 Å². The van der Waals surface area contributed by atoms with Gasteiger partial charge in [-0.05, 0) is 24.3 Å². The molecule has 2 rings (SSSR count). The number of anilines is 2. The van der Waals surface area contributed by atoms with E-state index in [0.717, 1.165) is 0 Å². The summed E-state index contributed by atoms with van der Waals surface area (Å²) in [5.74, 6) is 0.540. The van der Waals surface area contributed by atoms with Crippen LogP contribution in [-0.4, -0.2) is 22.7 Å². The maximum Gasteiger partial charge on any atom is 0.263 e. The standard InChI is InChI=1S/C12H12N4O2/c13-9-4-1-2-5-10(9)18-8-12(17)15-11-6-3-7-14-16-11/h1-7H,8,13H2,(H,15,16,17). The smallest absolute Gasteiger partial charge is 0.263 e. The quantitative estimate of drug-likeness (QED) is 0.785. The molecule has 6 heteroatoms. The predicted molar refractivity (Wildman–Crippen MR) is 67.0 cm³/mol. The lowest BCUT2D eigenvalue weighted by atomic mass is 10.3. The van der Waals surface area contributed by atoms with E-state index < -0.39 is 0 Å². The van der Waals surface area contributed by atoms with E-state index >= 15 is 0 Å². The zero-order chi connectivity index (χ0) is 12.8. The second-order valence-electron chi connectivity index (χ2n) is 3.48. The van der Waals surface area contributed by atoms with Gasteiger partial charge in [0.15, 0.2) is 12.4 Å². The van der Waals surface area contributed by atoms with E-state index in [9.17, 15) is 4.79 Å². The van der Waals surface area contributed by atoms with Crippen LogP contribution in [0.1, 0.15) is 0 Å². The van der Waals surface area contributed by atoms with Gasteiger partial charge in [-0.2, -0.15) is 5.10 Å². The Bertz CT molecular complexity index is 531. The summed E-state index contributed by atoms with van der Waals surface area (Å²) in [5, 5.41) is 9.93. The van der Waals surface area contributed by atoms with Gasteiger partial charge in [-0.15, -0.1) is 5.10 Å². The highest BCUT2D eigenvalue weighted by Gasteiger charge is 2.05. The molecule has 0 saturated heterocycles. The van der Waals surface area contributed by atoms with Crippen molar-refractivity contribution in [1.29, 1.82) is 0 Å². The molecule has 0 bridgehead atoms. The minimum Gasteiger partial charge on any atom is -0.482 e. The SMILES string of the molecule is Nc1ccccc1OCC(=O)Nc1cccnn1. The van der Waals surface area contributed by atoms with Crippen molar-refractivity contribution in [3.05, 3.63) is 42.6 Å². The van der Waals surface area contributed by atoms with Crippen LogP contribution in [0.15, 0.2) is 42.6 Å². The van der Waals surface area contributed by atoms with Gasteiger partial charge in [0, 0.05) is 6.20 Å². The van der Waals surface area contributed by atoms with E-state index in [4.69, 9.17) is 10.5 Å². The van der Waals surface area contributed by atoms with Gasteiger partial charge in [0.05, 0.1) is 5.69 Å². The number of benzene rings is 1. The molecule has 0 saturated carbocycles. The number of hydrogen-bond acceptors (Lipinski definition) is 5. The molecule has 0 fully saturated rings. The van der Waals surface area contributed by atoms with Crippen LogP contribution in [0.2, 0.25) is 0 Å². The molecule has 0 aliphatic rings. The van der Waals surface area contributed by atoms with Crippen LogP contribution >= 0.6 is 0 Å². The molecule has 1 aromatic heterocycles. The Morgan fingerprint density at radius 1 is 1.28 bits per heavy atom. The minimum absolute atomic E-state index is 0.134. The van der Waals surface area contributed by atoms with Crippen LogP contribution in [-0.2, 0) is 4.79 Å². The third-order valence-corrected chi connectivity index (χ3v) is 2.12. The number of aromatic nitrogens is 2. The Labute approximate surface area is 104 Å². The second kappa shape index (κ2) is 5.62. The Kier molecular flexibility index (Phi) is 3.70. The lowest BCUT2D eigenvalue weighted by Crippen LogP contribution is -2.21. The molecule has 3 N–H and O–H groups in total. The fourth-order valence-corrected chi connectivity index (χ4v) is 1.30. The topological polar surface area (TPSA) is 90.1 Å². The first-order valence-electron chi connectivity index (χ1n) is 5.30. The number of nitrogens with two attached hydrogens (primary N) is 1. The first kappa shape index (κ1) is 11.8. The van der Waals surface area contributed by atoms with Crippen LogP contribution in [0.4, 0.5) is 11.5 Å². The fraction of sp³-hybridized carbons (Fsp3) is 0.0833. The van der Waals surface area contributed by atoms with E-state index in [-0.39, 0.29) is 12.5 Å². The second-order valence-corrected chi connectivity index (χ2v) is 3.48. The van der Waals surface area contributed by atoms with Crippen molar-refractivity contribution in [2.45, 2.75) is 0 Å². The van der Waals surface area contributed by atoms with Crippen molar-refractivity contribution in [1.82, 2.24) is 10.2 Å². The van der Waals surface area contributed by atoms with Crippen LogP contribution in [0.5, 0.6) is 5.75 Å². The summed E-state index contributed by atoms with van der Waals surface area (Å²) in [6.07, 6.45) is 1.52. The van der Waals surface area contributed by atoms with Gasteiger partial charge in [-0.1, -0.05) is 12.1 Å². The molecule has 2 aromatic rings. The third kappa shape index (κ3) is 3.18. The third-order valence-electron chi connectivity index (χ3n) is 2.12. The van der Waals surface area contributed by atoms with E-state index in [2.05, 4.69) is 15.5 Å². The van der Waals surface area contributed by atoms with Crippen LogP contribution < -0.4 is 15.8 Å². The fourth-order valence-electron chi connectivity index (χ4n) is 1.30. The molecular formula is C12H12N4O2. The van der Waals surface area contributed by atoms with Crippen molar-refractivity contribution >= 4 is 17.4 Å². The maximum atomic E-state index is 11.6. The average Bonchev–Trinajstić information content (AvgIpc) is 2.39. The van der Waals surface area contributed by atoms with Crippen molar-refractivity contribution in [2.75, 3.05) is 17.7 Å². The van der Waals surface area contributed by atoms with Crippen LogP contribution in [0.25, 0.3) is 0 Å². The highest BCUT2D eigenvalue weighted by Crippen LogP contribution is 2.19. The maximum absolute atomic E-state index is 11.6. The first-order valence-corrected chi connectivity index (χ1v) is 5.30. The molecule has 0 aliphatic heterocycles. The van der Waals surface area contributed by atoms with Gasteiger partial charge >= 0.3 is 0 Å². The molecule has 92 valence electrons. The molecule has 0 unspecified atom stereocenters. The number of carbonyl (C=O) groups excluding carboxylic acids is 1. The molecule has 1 heterocycles. The van der Waals surface area contributed by atoms with Crippen molar-refractivity contribution in [2.24, 2.45) is 0 Å². The zero-order valence-corrected chi connectivity index (χ0v) is 9.54. The van der Waals surface area contributed by atoms with Gasteiger partial charge in [-0.3, -0.25) is 4.79 Å². The van der Waals surface area contributed by atoms with Crippen LogP contribution in [0.3, 0.4) is 0 Å². The monoisotopic (exact) mass is 244 g/mol. The van der Waals surface area contributed by atoms with Gasteiger partial charge in [-0.25, -0.2) is 0 Å². The number of nitrogen functional groups attached to an aromatic ring is 1. The van der Waals surface area contributed by atoms with Crippen LogP contribution in [0, 0.1) is 0 Å². The molecule has 0 aliphatic carbocycles. The molecule has 0 spiro atoms. The largest absolute Gasteiger partial charge is 0.482 e. The Hall–Kier alpha value is -2.63. The zero-order valence-electron chi connectivity index (χ0n) is 9.54. The number of ether oxygens (including phenoxy) is 1. The molecule has 1 amide bonds. The summed E-state index contributed by atoms with van der Waals surface area (Å²) in [5.41, 5.74) is 6.17. The summed E-state index contributed by atoms with van der Waals surface area (Å²) < 4.78 is 5.29. The number of hydrogen-bond donors (Lipinski definition) is 2. The highest BCUT2D eigenvalue weighted by atomic mass is 16.5. The Balaban J connectivity index is 1.88. The molecule has 6 nitrogen and oxygen atoms in total. The lowest BCUT2D eigenvalue weighted by Gasteiger charge is -2.08. The number of amides is 1. The first-order chi connectivity index (χ1) is 8.75. The van der Waals surface area contributed by atoms with E-state index in [0.29, 0.717) is 17.3 Å². The normalized spacial score (nSPS) is 9.78. The van der Waals surface area contributed by atoms with Crippen molar-refractivity contribution in [3.8, 4) is 5.75 Å².